The molecule has 1 aliphatic carbocycles. The van der Waals surface area contributed by atoms with Gasteiger partial charge >= 0.3 is 0 Å². The number of carbonyl (C=O) groups is 1. The number of aromatic amines is 1. The van der Waals surface area contributed by atoms with Gasteiger partial charge in [0.25, 0.3) is 0 Å². The maximum Gasteiger partial charge on any atom is 0.247 e. The number of nitrogens with one attached hydrogen (secondary N) is 2. The molecule has 0 saturated heterocycles. The van der Waals surface area contributed by atoms with Crippen molar-refractivity contribution in [1.29, 1.82) is 0 Å². The lowest BCUT2D eigenvalue weighted by molar-refractivity contribution is -0.117. The molecule has 102 valence electrons. The fourth-order valence-corrected chi connectivity index (χ4v) is 2.57. The summed E-state index contributed by atoms with van der Waals surface area (Å²) < 4.78 is 0. The summed E-state index contributed by atoms with van der Waals surface area (Å²) in [4.78, 5) is 20.4. The van der Waals surface area contributed by atoms with E-state index in [2.05, 4.69) is 25.5 Å². The molecule has 2 aromatic heterocycles. The Morgan fingerprint density at radius 3 is 3.15 bits per heavy atom. The van der Waals surface area contributed by atoms with Crippen LogP contribution in [0.1, 0.15) is 22.9 Å². The molecular formula is C13H13N5OS. The van der Waals surface area contributed by atoms with Gasteiger partial charge in [-0.3, -0.25) is 9.89 Å². The lowest BCUT2D eigenvalue weighted by Crippen LogP contribution is -2.24. The molecule has 2 N–H and O–H groups in total. The number of nitrogens with zero attached hydrogens (tertiary/aromatic N) is 3. The largest absolute Gasteiger partial charge is 0.345 e. The van der Waals surface area contributed by atoms with E-state index in [9.17, 15) is 4.79 Å². The second-order valence-electron chi connectivity index (χ2n) is 4.40. The van der Waals surface area contributed by atoms with Crippen LogP contribution in [0, 0.1) is 6.92 Å². The van der Waals surface area contributed by atoms with E-state index in [0.717, 1.165) is 21.8 Å². The van der Waals surface area contributed by atoms with E-state index in [1.807, 2.05) is 24.5 Å². The number of hydrogen-bond donors (Lipinski definition) is 2. The van der Waals surface area contributed by atoms with Crippen LogP contribution in [0.5, 0.6) is 0 Å². The zero-order valence-electron chi connectivity index (χ0n) is 10.9. The van der Waals surface area contributed by atoms with Gasteiger partial charge in [-0.25, -0.2) is 9.97 Å². The number of aromatic nitrogens is 4. The molecule has 3 rings (SSSR count). The van der Waals surface area contributed by atoms with E-state index < -0.39 is 0 Å². The third-order valence-corrected chi connectivity index (χ3v) is 3.73. The summed E-state index contributed by atoms with van der Waals surface area (Å²) in [6.07, 6.45) is 5.97. The molecule has 2 aromatic rings. The van der Waals surface area contributed by atoms with Crippen molar-refractivity contribution in [1.82, 2.24) is 25.5 Å². The maximum atomic E-state index is 12.0. The van der Waals surface area contributed by atoms with E-state index in [1.54, 1.807) is 11.3 Å². The fourth-order valence-electron chi connectivity index (χ4n) is 1.95. The molecule has 0 atom stereocenters. The summed E-state index contributed by atoms with van der Waals surface area (Å²) in [5, 5.41) is 12.3. The Bertz CT molecular complexity index is 683. The first-order chi connectivity index (χ1) is 9.72. The van der Waals surface area contributed by atoms with Crippen LogP contribution in [-0.2, 0) is 11.3 Å². The van der Waals surface area contributed by atoms with Crippen LogP contribution in [0.15, 0.2) is 29.4 Å². The van der Waals surface area contributed by atoms with Crippen LogP contribution in [0.25, 0.3) is 5.57 Å². The minimum Gasteiger partial charge on any atom is -0.345 e. The van der Waals surface area contributed by atoms with Crippen LogP contribution in [0.3, 0.4) is 0 Å². The number of rotatable bonds is 4. The molecule has 0 aliphatic heterocycles. The first kappa shape index (κ1) is 12.7. The molecule has 2 heterocycles. The number of hydrogen-bond acceptors (Lipinski definition) is 5. The van der Waals surface area contributed by atoms with Gasteiger partial charge in [-0.15, -0.1) is 11.3 Å². The summed E-state index contributed by atoms with van der Waals surface area (Å²) in [5.41, 5.74) is 2.69. The van der Waals surface area contributed by atoms with Crippen molar-refractivity contribution in [3.05, 3.63) is 46.0 Å². The number of thiazole rings is 1. The summed E-state index contributed by atoms with van der Waals surface area (Å²) in [7, 11) is 0. The van der Waals surface area contributed by atoms with Crippen molar-refractivity contribution < 1.29 is 4.79 Å². The maximum absolute atomic E-state index is 12.0. The number of allylic oxidation sites excluding steroid dienone is 3. The lowest BCUT2D eigenvalue weighted by atomic mass is 10.2. The Hall–Kier alpha value is -2.28. The molecule has 0 spiro atoms. The molecule has 0 radical (unpaired) electrons. The Morgan fingerprint density at radius 2 is 2.45 bits per heavy atom. The van der Waals surface area contributed by atoms with E-state index in [1.165, 1.54) is 6.33 Å². The second kappa shape index (κ2) is 5.38. The molecule has 1 amide bonds. The summed E-state index contributed by atoms with van der Waals surface area (Å²) >= 11 is 1.61. The van der Waals surface area contributed by atoms with Crippen LogP contribution < -0.4 is 5.32 Å². The topological polar surface area (TPSA) is 83.6 Å². The normalized spacial score (nSPS) is 14.1. The van der Waals surface area contributed by atoms with Gasteiger partial charge in [0.2, 0.25) is 5.91 Å². The highest BCUT2D eigenvalue weighted by Crippen LogP contribution is 2.27. The SMILES string of the molecule is Cc1nc(C2=CCC(C(=O)NCc3ncn[nH]3)=C2)cs1. The average molecular weight is 287 g/mol. The molecule has 0 unspecified atom stereocenters. The van der Waals surface area contributed by atoms with E-state index >= 15 is 0 Å². The van der Waals surface area contributed by atoms with Crippen LogP contribution >= 0.6 is 11.3 Å². The van der Waals surface area contributed by atoms with Crippen LogP contribution in [0.2, 0.25) is 0 Å². The molecule has 0 bridgehead atoms. The van der Waals surface area contributed by atoms with Crippen molar-refractivity contribution in [3.8, 4) is 0 Å². The summed E-state index contributed by atoms with van der Waals surface area (Å²) in [6.45, 7) is 2.32. The highest BCUT2D eigenvalue weighted by Gasteiger charge is 2.16. The quantitative estimate of drug-likeness (QED) is 0.894. The summed E-state index contributed by atoms with van der Waals surface area (Å²) in [6, 6.07) is 0. The second-order valence-corrected chi connectivity index (χ2v) is 5.46. The van der Waals surface area contributed by atoms with Crippen molar-refractivity contribution in [2.24, 2.45) is 0 Å². The smallest absolute Gasteiger partial charge is 0.247 e. The van der Waals surface area contributed by atoms with E-state index in [-0.39, 0.29) is 5.91 Å². The number of aryl methyl sites for hydroxylation is 1. The predicted octanol–water partition coefficient (Wildman–Crippen LogP) is 1.60. The van der Waals surface area contributed by atoms with Gasteiger partial charge < -0.3 is 5.32 Å². The molecule has 1 aliphatic rings. The molecule has 6 nitrogen and oxygen atoms in total. The zero-order chi connectivity index (χ0) is 13.9. The first-order valence-corrected chi connectivity index (χ1v) is 7.06. The van der Waals surface area contributed by atoms with Gasteiger partial charge in [-0.2, -0.15) is 5.10 Å². The van der Waals surface area contributed by atoms with Gasteiger partial charge in [0.15, 0.2) is 0 Å². The standard InChI is InChI=1S/C13H13N5OS/c1-8-17-11(6-20-8)9-2-3-10(4-9)13(19)14-5-12-15-7-16-18-12/h2,4,6-7H,3,5H2,1H3,(H,14,19)(H,15,16,18). The van der Waals surface area contributed by atoms with Crippen LogP contribution in [0.4, 0.5) is 0 Å². The Labute approximate surface area is 119 Å². The number of H-pyrrole nitrogens is 1. The molecule has 7 heteroatoms. The average Bonchev–Trinajstić information content (AvgIpc) is 3.16. The van der Waals surface area contributed by atoms with Gasteiger partial charge in [-0.05, 0) is 25.0 Å². The predicted molar refractivity (Wildman–Crippen MR) is 75.8 cm³/mol. The highest BCUT2D eigenvalue weighted by molar-refractivity contribution is 7.09. The third-order valence-electron chi connectivity index (χ3n) is 2.96. The van der Waals surface area contributed by atoms with E-state index in [4.69, 9.17) is 0 Å². The molecule has 20 heavy (non-hydrogen) atoms. The van der Waals surface area contributed by atoms with Crippen molar-refractivity contribution in [2.75, 3.05) is 0 Å². The van der Waals surface area contributed by atoms with Crippen LogP contribution in [-0.4, -0.2) is 26.1 Å². The summed E-state index contributed by atoms with van der Waals surface area (Å²) in [5.74, 6) is 0.555. The minimum atomic E-state index is -0.0837. The molecule has 0 saturated carbocycles. The molecule has 0 aromatic carbocycles. The van der Waals surface area contributed by atoms with Gasteiger partial charge in [0, 0.05) is 11.0 Å². The Balaban J connectivity index is 1.63. The van der Waals surface area contributed by atoms with Gasteiger partial charge in [-0.1, -0.05) is 6.08 Å². The third kappa shape index (κ3) is 2.67. The monoisotopic (exact) mass is 287 g/mol. The molecule has 0 fully saturated rings. The van der Waals surface area contributed by atoms with Gasteiger partial charge in [0.05, 0.1) is 17.2 Å². The van der Waals surface area contributed by atoms with Gasteiger partial charge in [0.1, 0.15) is 12.2 Å². The minimum absolute atomic E-state index is 0.0837. The van der Waals surface area contributed by atoms with Crippen molar-refractivity contribution >= 4 is 22.8 Å². The number of amides is 1. The number of carbonyl (C=O) groups excluding carboxylic acids is 1. The van der Waals surface area contributed by atoms with Crippen molar-refractivity contribution in [3.63, 3.8) is 0 Å². The Morgan fingerprint density at radius 1 is 1.55 bits per heavy atom. The zero-order valence-corrected chi connectivity index (χ0v) is 11.7. The fraction of sp³-hybridized carbons (Fsp3) is 0.231. The Kier molecular flexibility index (Phi) is 3.42. The highest BCUT2D eigenvalue weighted by atomic mass is 32.1. The molecular weight excluding hydrogens is 274 g/mol. The lowest BCUT2D eigenvalue weighted by Gasteiger charge is -2.02. The first-order valence-electron chi connectivity index (χ1n) is 6.18. The van der Waals surface area contributed by atoms with E-state index in [0.29, 0.717) is 18.8 Å². The van der Waals surface area contributed by atoms with Crippen molar-refractivity contribution in [2.45, 2.75) is 19.9 Å².